The zero-order valence-electron chi connectivity index (χ0n) is 14.3. The number of nitrogens with one attached hydrogen (secondary N) is 2. The van der Waals surface area contributed by atoms with Gasteiger partial charge in [-0.25, -0.2) is 0 Å². The Hall–Kier alpha value is -2.90. The number of benzene rings is 2. The number of ether oxygens (including phenoxy) is 2. The summed E-state index contributed by atoms with van der Waals surface area (Å²) in [4.78, 5) is 11.2. The predicted molar refractivity (Wildman–Crippen MR) is 92.6 cm³/mol. The number of halogens is 3. The van der Waals surface area contributed by atoms with Gasteiger partial charge in [0.1, 0.15) is 11.5 Å². The fraction of sp³-hybridized carbons (Fsp3) is 0.278. The maximum atomic E-state index is 12.2. The van der Waals surface area contributed by atoms with E-state index in [2.05, 4.69) is 10.6 Å². The molecule has 2 rings (SSSR count). The molecular formula is C18H19F3N2O3. The molecule has 0 aliphatic heterocycles. The van der Waals surface area contributed by atoms with E-state index in [1.165, 1.54) is 20.1 Å². The van der Waals surface area contributed by atoms with Crippen LogP contribution in [0.1, 0.15) is 12.5 Å². The highest BCUT2D eigenvalue weighted by Crippen LogP contribution is 2.28. The number of hydrogen-bond acceptors (Lipinski definition) is 4. The first-order valence-electron chi connectivity index (χ1n) is 7.75. The molecule has 2 aromatic rings. The van der Waals surface area contributed by atoms with Crippen LogP contribution in [0.4, 0.5) is 24.5 Å². The van der Waals surface area contributed by atoms with Crippen LogP contribution in [0.5, 0.6) is 11.5 Å². The van der Waals surface area contributed by atoms with E-state index in [4.69, 9.17) is 9.47 Å². The maximum Gasteiger partial charge on any atom is 0.422 e. The van der Waals surface area contributed by atoms with E-state index in [1.807, 2.05) is 0 Å². The molecule has 0 heterocycles. The van der Waals surface area contributed by atoms with Gasteiger partial charge in [-0.15, -0.1) is 0 Å². The molecule has 26 heavy (non-hydrogen) atoms. The van der Waals surface area contributed by atoms with Crippen molar-refractivity contribution in [3.63, 3.8) is 0 Å². The SMILES string of the molecule is COc1cc(NCc2cccc(OCC(F)(F)F)c2)ccc1NC(C)=O. The lowest BCUT2D eigenvalue weighted by molar-refractivity contribution is -0.153. The van der Waals surface area contributed by atoms with Gasteiger partial charge >= 0.3 is 6.18 Å². The highest BCUT2D eigenvalue weighted by molar-refractivity contribution is 5.90. The third-order valence-corrected chi connectivity index (χ3v) is 3.31. The number of rotatable bonds is 7. The molecule has 2 aromatic carbocycles. The molecule has 5 nitrogen and oxygen atoms in total. The third kappa shape index (κ3) is 6.19. The molecule has 0 aliphatic rings. The van der Waals surface area contributed by atoms with Crippen molar-refractivity contribution >= 4 is 17.3 Å². The summed E-state index contributed by atoms with van der Waals surface area (Å²) in [6, 6.07) is 11.6. The number of hydrogen-bond donors (Lipinski definition) is 2. The van der Waals surface area contributed by atoms with Crippen molar-refractivity contribution in [3.05, 3.63) is 48.0 Å². The van der Waals surface area contributed by atoms with Crippen molar-refractivity contribution in [3.8, 4) is 11.5 Å². The summed E-state index contributed by atoms with van der Waals surface area (Å²) in [6.45, 7) is 0.455. The number of anilines is 2. The van der Waals surface area contributed by atoms with E-state index in [1.54, 1.807) is 36.4 Å². The van der Waals surface area contributed by atoms with E-state index in [0.29, 0.717) is 18.0 Å². The van der Waals surface area contributed by atoms with Crippen LogP contribution in [0, 0.1) is 0 Å². The first-order chi connectivity index (χ1) is 12.3. The van der Waals surface area contributed by atoms with Crippen molar-refractivity contribution < 1.29 is 27.4 Å². The van der Waals surface area contributed by atoms with Gasteiger partial charge in [-0.2, -0.15) is 13.2 Å². The topological polar surface area (TPSA) is 59.6 Å². The Balaban J connectivity index is 2.01. The first-order valence-corrected chi connectivity index (χ1v) is 7.75. The lowest BCUT2D eigenvalue weighted by Crippen LogP contribution is -2.19. The van der Waals surface area contributed by atoms with E-state index in [0.717, 1.165) is 11.3 Å². The maximum absolute atomic E-state index is 12.2. The van der Waals surface area contributed by atoms with Crippen LogP contribution in [0.2, 0.25) is 0 Å². The summed E-state index contributed by atoms with van der Waals surface area (Å²) < 4.78 is 46.6. The summed E-state index contributed by atoms with van der Waals surface area (Å²) in [6.07, 6.45) is -4.37. The van der Waals surface area contributed by atoms with Crippen molar-refractivity contribution in [2.75, 3.05) is 24.4 Å². The minimum absolute atomic E-state index is 0.153. The molecule has 8 heteroatoms. The normalized spacial score (nSPS) is 11.0. The van der Waals surface area contributed by atoms with E-state index >= 15 is 0 Å². The van der Waals surface area contributed by atoms with Crippen molar-refractivity contribution in [2.45, 2.75) is 19.6 Å². The Morgan fingerprint density at radius 2 is 1.92 bits per heavy atom. The Kier molecular flexibility index (Phi) is 6.32. The molecule has 0 fully saturated rings. The van der Waals surface area contributed by atoms with Gasteiger partial charge < -0.3 is 20.1 Å². The minimum Gasteiger partial charge on any atom is -0.494 e. The van der Waals surface area contributed by atoms with Crippen LogP contribution in [0.15, 0.2) is 42.5 Å². The zero-order valence-corrected chi connectivity index (χ0v) is 14.3. The second kappa shape index (κ2) is 8.46. The number of methoxy groups -OCH3 is 1. The lowest BCUT2D eigenvalue weighted by Gasteiger charge is -2.13. The molecule has 0 radical (unpaired) electrons. The van der Waals surface area contributed by atoms with Crippen molar-refractivity contribution in [1.82, 2.24) is 0 Å². The average Bonchev–Trinajstić information content (AvgIpc) is 2.58. The number of carbonyl (C=O) groups is 1. The molecule has 0 unspecified atom stereocenters. The molecular weight excluding hydrogens is 349 g/mol. The Bertz CT molecular complexity index is 764. The fourth-order valence-corrected chi connectivity index (χ4v) is 2.21. The molecule has 0 saturated heterocycles. The van der Waals surface area contributed by atoms with Crippen LogP contribution in [-0.2, 0) is 11.3 Å². The standard InChI is InChI=1S/C18H19F3N2O3/c1-12(24)23-16-7-6-14(9-17(16)25-2)22-10-13-4-3-5-15(8-13)26-11-18(19,20)21/h3-9,22H,10-11H2,1-2H3,(H,23,24). The number of amides is 1. The molecule has 0 atom stereocenters. The Labute approximate surface area is 149 Å². The molecule has 0 saturated carbocycles. The fourth-order valence-electron chi connectivity index (χ4n) is 2.21. The van der Waals surface area contributed by atoms with Gasteiger partial charge in [-0.3, -0.25) is 4.79 Å². The Morgan fingerprint density at radius 1 is 1.15 bits per heavy atom. The number of carbonyl (C=O) groups excluding carboxylic acids is 1. The van der Waals surface area contributed by atoms with E-state index in [9.17, 15) is 18.0 Å². The lowest BCUT2D eigenvalue weighted by atomic mass is 10.2. The average molecular weight is 368 g/mol. The van der Waals surface area contributed by atoms with Gasteiger partial charge in [0.05, 0.1) is 12.8 Å². The van der Waals surface area contributed by atoms with E-state index < -0.39 is 12.8 Å². The van der Waals surface area contributed by atoms with Crippen molar-refractivity contribution in [1.29, 1.82) is 0 Å². The van der Waals surface area contributed by atoms with Gasteiger partial charge in [-0.1, -0.05) is 12.1 Å². The van der Waals surface area contributed by atoms with Crippen molar-refractivity contribution in [2.24, 2.45) is 0 Å². The minimum atomic E-state index is -4.37. The van der Waals surface area contributed by atoms with E-state index in [-0.39, 0.29) is 11.7 Å². The quantitative estimate of drug-likeness (QED) is 0.769. The first kappa shape index (κ1) is 19.4. The van der Waals surface area contributed by atoms with Gasteiger partial charge in [0.2, 0.25) is 5.91 Å². The second-order valence-electron chi connectivity index (χ2n) is 5.50. The van der Waals surface area contributed by atoms with Gasteiger partial charge in [-0.05, 0) is 29.8 Å². The van der Waals surface area contributed by atoms with Crippen LogP contribution in [-0.4, -0.2) is 25.8 Å². The predicted octanol–water partition coefficient (Wildman–Crippen LogP) is 4.21. The van der Waals surface area contributed by atoms with Crippen LogP contribution in [0.25, 0.3) is 0 Å². The molecule has 0 aromatic heterocycles. The number of alkyl halides is 3. The monoisotopic (exact) mass is 368 g/mol. The van der Waals surface area contributed by atoms with Crippen LogP contribution >= 0.6 is 0 Å². The summed E-state index contributed by atoms with van der Waals surface area (Å²) in [5.41, 5.74) is 2.04. The van der Waals surface area contributed by atoms with Crippen LogP contribution < -0.4 is 20.1 Å². The summed E-state index contributed by atoms with van der Waals surface area (Å²) in [7, 11) is 1.49. The molecule has 0 spiro atoms. The third-order valence-electron chi connectivity index (χ3n) is 3.31. The largest absolute Gasteiger partial charge is 0.494 e. The summed E-state index contributed by atoms with van der Waals surface area (Å²) in [5, 5.41) is 5.80. The van der Waals surface area contributed by atoms with Gasteiger partial charge in [0.25, 0.3) is 0 Å². The highest BCUT2D eigenvalue weighted by atomic mass is 19.4. The molecule has 2 N–H and O–H groups in total. The van der Waals surface area contributed by atoms with Crippen LogP contribution in [0.3, 0.4) is 0 Å². The molecule has 1 amide bonds. The van der Waals surface area contributed by atoms with Gasteiger partial charge in [0, 0.05) is 25.2 Å². The summed E-state index contributed by atoms with van der Waals surface area (Å²) >= 11 is 0. The van der Waals surface area contributed by atoms with Gasteiger partial charge in [0.15, 0.2) is 6.61 Å². The highest BCUT2D eigenvalue weighted by Gasteiger charge is 2.28. The molecule has 140 valence electrons. The zero-order chi connectivity index (χ0) is 19.2. The summed E-state index contributed by atoms with van der Waals surface area (Å²) in [5.74, 6) is 0.437. The molecule has 0 bridgehead atoms. The molecule has 0 aliphatic carbocycles. The Morgan fingerprint density at radius 3 is 2.58 bits per heavy atom. The second-order valence-corrected chi connectivity index (χ2v) is 5.50. The smallest absolute Gasteiger partial charge is 0.422 e.